The minimum Gasteiger partial charge on any atom is -0.490 e. The van der Waals surface area contributed by atoms with Crippen molar-refractivity contribution in [3.63, 3.8) is 0 Å². The third-order valence-electron chi connectivity index (χ3n) is 14.0. The van der Waals surface area contributed by atoms with Crippen LogP contribution in [0.4, 0.5) is 15.9 Å². The largest absolute Gasteiger partial charge is 0.490 e. The molecule has 2 atom stereocenters. The predicted octanol–water partition coefficient (Wildman–Crippen LogP) is 6.62. The molecule has 4 aliphatic heterocycles. The molecular weight excluding hydrogens is 841 g/mol. The van der Waals surface area contributed by atoms with Gasteiger partial charge in [0.15, 0.2) is 17.3 Å². The zero-order valence-electron chi connectivity index (χ0n) is 36.0. The number of ketones is 1. The van der Waals surface area contributed by atoms with Gasteiger partial charge in [-0.1, -0.05) is 16.8 Å². The summed E-state index contributed by atoms with van der Waals surface area (Å²) in [5.74, 6) is -0.152. The van der Waals surface area contributed by atoms with Crippen molar-refractivity contribution >= 4 is 46.6 Å². The fourth-order valence-electron chi connectivity index (χ4n) is 10.2. The number of amides is 3. The van der Waals surface area contributed by atoms with Crippen molar-refractivity contribution in [3.8, 4) is 11.8 Å². The molecule has 2 aromatic carbocycles. The molecule has 338 valence electrons. The van der Waals surface area contributed by atoms with Gasteiger partial charge in [-0.15, -0.1) is 10.2 Å². The van der Waals surface area contributed by atoms with Crippen molar-refractivity contribution in [1.82, 2.24) is 25.7 Å². The first-order chi connectivity index (χ1) is 31.0. The van der Waals surface area contributed by atoms with Crippen LogP contribution in [0.3, 0.4) is 0 Å². The number of carbonyl (C=O) groups is 4. The Kier molecular flexibility index (Phi) is 14.2. The van der Waals surface area contributed by atoms with Crippen molar-refractivity contribution < 1.29 is 28.3 Å². The molecule has 8 rings (SSSR count). The predicted molar refractivity (Wildman–Crippen MR) is 238 cm³/mol. The van der Waals surface area contributed by atoms with Gasteiger partial charge in [0.1, 0.15) is 17.6 Å². The van der Waals surface area contributed by atoms with Crippen LogP contribution in [0, 0.1) is 39.3 Å². The maximum atomic E-state index is 15.4. The Hall–Kier alpha value is -5.53. The lowest BCUT2D eigenvalue weighted by atomic mass is 9.71. The van der Waals surface area contributed by atoms with Gasteiger partial charge in [0.2, 0.25) is 11.8 Å². The van der Waals surface area contributed by atoms with Crippen LogP contribution >= 0.6 is 11.6 Å². The van der Waals surface area contributed by atoms with Gasteiger partial charge < -0.3 is 24.8 Å². The molecule has 1 aliphatic carbocycles. The summed E-state index contributed by atoms with van der Waals surface area (Å²) in [5.41, 5.74) is 1.70. The average Bonchev–Trinajstić information content (AvgIpc) is 3.29. The number of nitrogens with one attached hydrogen (secondary N) is 2. The number of hydrogen-bond donors (Lipinski definition) is 2. The minimum absolute atomic E-state index is 0.0175. The lowest BCUT2D eigenvalue weighted by Crippen LogP contribution is -2.61. The number of halogens is 2. The lowest BCUT2D eigenvalue weighted by molar-refractivity contribution is -0.136. The van der Waals surface area contributed by atoms with Crippen molar-refractivity contribution in [2.24, 2.45) is 22.4 Å². The smallest absolute Gasteiger partial charge is 0.272 e. The highest BCUT2D eigenvalue weighted by Gasteiger charge is 2.45. The van der Waals surface area contributed by atoms with E-state index in [1.807, 2.05) is 11.0 Å². The van der Waals surface area contributed by atoms with Crippen molar-refractivity contribution in [2.75, 3.05) is 55.6 Å². The van der Waals surface area contributed by atoms with E-state index in [0.29, 0.717) is 51.9 Å². The molecule has 64 heavy (non-hydrogen) atoms. The zero-order chi connectivity index (χ0) is 44.8. The molecule has 2 unspecified atom stereocenters. The summed E-state index contributed by atoms with van der Waals surface area (Å²) in [5, 5.41) is 26.7. The molecule has 4 saturated heterocycles. The second-order valence-electron chi connectivity index (χ2n) is 18.5. The maximum absolute atomic E-state index is 15.4. The molecule has 1 saturated carbocycles. The minimum atomic E-state index is -0.829. The van der Waals surface area contributed by atoms with E-state index in [1.165, 1.54) is 6.07 Å². The number of nitrogens with zero attached hydrogens (tertiary/aromatic N) is 7. The Labute approximate surface area is 377 Å². The SMILES string of the molecule is N#Cc1ccc(OC2CCC(NC(=O)c3ccc(N4CCC5(CC4)CN(CC4CCN(c6ccc(C(=O)CC(CCC7CCC(=O)NC7=O)N=O)cc6F)CC4)C5)nn3)CC2)cc1Cl. The van der Waals surface area contributed by atoms with E-state index in [9.17, 15) is 24.1 Å². The first-order valence-corrected chi connectivity index (χ1v) is 23.1. The molecule has 17 heteroatoms. The number of aromatic nitrogens is 2. The topological polar surface area (TPSA) is 190 Å². The number of ether oxygens (including phenoxy) is 1. The Balaban J connectivity index is 0.712. The molecule has 1 aromatic heterocycles. The van der Waals surface area contributed by atoms with Gasteiger partial charge >= 0.3 is 0 Å². The summed E-state index contributed by atoms with van der Waals surface area (Å²) < 4.78 is 21.5. The number of Topliss-reactive ketones (excluding diaryl/α,β-unsaturated/α-hetero) is 1. The van der Waals surface area contributed by atoms with Crippen LogP contribution in [-0.4, -0.2) is 103 Å². The molecule has 2 N–H and O–H groups in total. The van der Waals surface area contributed by atoms with E-state index < -0.39 is 17.8 Å². The number of nitriles is 1. The van der Waals surface area contributed by atoms with Crippen LogP contribution < -0.4 is 25.2 Å². The second-order valence-corrected chi connectivity index (χ2v) is 18.9. The fraction of sp³-hybridized carbons (Fsp3) is 0.553. The van der Waals surface area contributed by atoms with Gasteiger partial charge in [-0.3, -0.25) is 24.5 Å². The number of rotatable bonds is 15. The van der Waals surface area contributed by atoms with Gasteiger partial charge in [0.25, 0.3) is 5.91 Å². The molecule has 0 bridgehead atoms. The highest BCUT2D eigenvalue weighted by atomic mass is 35.5. The molecule has 15 nitrogen and oxygen atoms in total. The van der Waals surface area contributed by atoms with E-state index in [2.05, 4.69) is 41.9 Å². The lowest BCUT2D eigenvalue weighted by Gasteiger charge is -2.55. The fourth-order valence-corrected chi connectivity index (χ4v) is 10.4. The Morgan fingerprint density at radius 2 is 1.73 bits per heavy atom. The van der Waals surface area contributed by atoms with E-state index in [1.54, 1.807) is 36.4 Å². The van der Waals surface area contributed by atoms with Crippen LogP contribution in [0.2, 0.25) is 5.02 Å². The van der Waals surface area contributed by atoms with Crippen LogP contribution in [0.1, 0.15) is 110 Å². The number of hydrogen-bond acceptors (Lipinski definition) is 13. The third-order valence-corrected chi connectivity index (χ3v) is 14.3. The van der Waals surface area contributed by atoms with Gasteiger partial charge in [-0.05, 0) is 124 Å². The van der Waals surface area contributed by atoms with Gasteiger partial charge in [-0.2, -0.15) is 10.2 Å². The van der Waals surface area contributed by atoms with Gasteiger partial charge in [-0.25, -0.2) is 4.39 Å². The summed E-state index contributed by atoms with van der Waals surface area (Å²) in [6.07, 6.45) is 8.31. The quantitative estimate of drug-likeness (QED) is 0.0944. The maximum Gasteiger partial charge on any atom is 0.272 e. The molecule has 3 amide bonds. The summed E-state index contributed by atoms with van der Waals surface area (Å²) in [4.78, 5) is 67.9. The number of carbonyl (C=O) groups excluding carboxylic acids is 4. The molecule has 3 aromatic rings. The van der Waals surface area contributed by atoms with E-state index in [-0.39, 0.29) is 60.5 Å². The van der Waals surface area contributed by atoms with Gasteiger partial charge in [0, 0.05) is 82.2 Å². The van der Waals surface area contributed by atoms with E-state index >= 15 is 4.39 Å². The molecule has 5 aliphatic rings. The van der Waals surface area contributed by atoms with Crippen molar-refractivity contribution in [2.45, 2.75) is 102 Å². The van der Waals surface area contributed by atoms with Crippen LogP contribution in [0.5, 0.6) is 5.75 Å². The van der Waals surface area contributed by atoms with E-state index in [4.69, 9.17) is 21.6 Å². The number of anilines is 2. The molecule has 0 radical (unpaired) electrons. The van der Waals surface area contributed by atoms with Crippen molar-refractivity contribution in [3.05, 3.63) is 81.1 Å². The number of piperidine rings is 3. The Morgan fingerprint density at radius 1 is 0.969 bits per heavy atom. The number of imide groups is 1. The van der Waals surface area contributed by atoms with Crippen LogP contribution in [-0.2, 0) is 9.59 Å². The highest BCUT2D eigenvalue weighted by molar-refractivity contribution is 6.31. The number of nitroso groups, excluding NO2 is 1. The Morgan fingerprint density at radius 3 is 2.39 bits per heavy atom. The third kappa shape index (κ3) is 10.9. The summed E-state index contributed by atoms with van der Waals surface area (Å²) >= 11 is 6.15. The highest BCUT2D eigenvalue weighted by Crippen LogP contribution is 2.42. The number of likely N-dealkylation sites (tertiary alicyclic amines) is 1. The van der Waals surface area contributed by atoms with Crippen LogP contribution in [0.25, 0.3) is 0 Å². The average molecular weight is 896 g/mol. The van der Waals surface area contributed by atoms with Crippen molar-refractivity contribution in [1.29, 1.82) is 5.26 Å². The van der Waals surface area contributed by atoms with E-state index in [0.717, 1.165) is 103 Å². The summed E-state index contributed by atoms with van der Waals surface area (Å²) in [6, 6.07) is 14.5. The summed E-state index contributed by atoms with van der Waals surface area (Å²) in [6.45, 7) is 6.43. The first kappa shape index (κ1) is 45.1. The number of benzene rings is 2. The first-order valence-electron chi connectivity index (χ1n) is 22.7. The molecule has 1 spiro atoms. The molecule has 5 fully saturated rings. The van der Waals surface area contributed by atoms with Gasteiger partial charge in [0.05, 0.1) is 28.4 Å². The zero-order valence-corrected chi connectivity index (χ0v) is 36.7. The standard InChI is InChI=1S/C47H55ClFN9O6/c48-38-25-37(8-2-33(38)26-50)64-36-9-6-34(7-10-36)51-46(62)40-11-13-43(54-53-40)58-21-17-47(18-22-58)28-56(29-47)27-30-15-19-57(20-16-30)41-12-3-32(23-39(41)49)42(59)24-35(55-63)5-1-31-4-14-44(60)52-45(31)61/h2-3,8,11-13,23,25,30-31,34-36H,1,4-7,9-10,14-22,24,27-29H2,(H,51,62)(H,52,60,61). The van der Waals surface area contributed by atoms with Crippen LogP contribution in [0.15, 0.2) is 53.7 Å². The molecular formula is C47H55ClFN9O6. The molecule has 5 heterocycles. The second kappa shape index (κ2) is 20.1. The normalized spacial score (nSPS) is 23.1. The summed E-state index contributed by atoms with van der Waals surface area (Å²) in [7, 11) is 0. The monoisotopic (exact) mass is 895 g/mol. The Bertz CT molecular complexity index is 2240.